The summed E-state index contributed by atoms with van der Waals surface area (Å²) in [5, 5.41) is 7.52. The minimum Gasteiger partial charge on any atom is -0.338 e. The first-order valence-corrected chi connectivity index (χ1v) is 7.73. The molecule has 0 spiro atoms. The predicted molar refractivity (Wildman–Crippen MR) is 79.0 cm³/mol. The quantitative estimate of drug-likeness (QED) is 0.916. The molecule has 0 aromatic carbocycles. The number of aryl methyl sites for hydroxylation is 1. The lowest BCUT2D eigenvalue weighted by molar-refractivity contribution is 0.325. The average Bonchev–Trinajstić information content (AvgIpc) is 3.13. The molecule has 0 radical (unpaired) electrons. The molecule has 0 saturated carbocycles. The van der Waals surface area contributed by atoms with Crippen LogP contribution in [0.5, 0.6) is 0 Å². The largest absolute Gasteiger partial charge is 0.338 e. The fourth-order valence-electron chi connectivity index (χ4n) is 2.76. The first kappa shape index (κ1) is 14.3. The van der Waals surface area contributed by atoms with Crippen LogP contribution in [0.1, 0.15) is 69.0 Å². The highest BCUT2D eigenvalue weighted by Gasteiger charge is 2.23. The molecule has 0 amide bonds. The first-order chi connectivity index (χ1) is 10.1. The zero-order valence-corrected chi connectivity index (χ0v) is 12.9. The van der Waals surface area contributed by atoms with E-state index in [0.717, 1.165) is 18.9 Å². The van der Waals surface area contributed by atoms with Crippen molar-refractivity contribution < 1.29 is 4.52 Å². The standard InChI is InChI=1S/C15H23N5O/c1-10(2)13-18-15(21-19-13)11(3)17-9-12-5-4-7-20-8-6-16-14(12)20/h6,8,10-12,17H,4-5,7,9H2,1-3H3/t11-,12+/m0/s1. The number of hydrogen-bond acceptors (Lipinski definition) is 5. The summed E-state index contributed by atoms with van der Waals surface area (Å²) >= 11 is 0. The minimum atomic E-state index is 0.0651. The Morgan fingerprint density at radius 1 is 1.43 bits per heavy atom. The second-order valence-corrected chi connectivity index (χ2v) is 6.09. The fraction of sp³-hybridized carbons (Fsp3) is 0.667. The van der Waals surface area contributed by atoms with Crippen LogP contribution in [0.15, 0.2) is 16.9 Å². The third kappa shape index (κ3) is 3.00. The number of aromatic nitrogens is 4. The Morgan fingerprint density at radius 3 is 3.05 bits per heavy atom. The third-order valence-electron chi connectivity index (χ3n) is 4.08. The van der Waals surface area contributed by atoms with Gasteiger partial charge in [-0.15, -0.1) is 0 Å². The predicted octanol–water partition coefficient (Wildman–Crippen LogP) is 2.62. The molecule has 1 aliphatic heterocycles. The van der Waals surface area contributed by atoms with E-state index >= 15 is 0 Å². The van der Waals surface area contributed by atoms with Crippen LogP contribution in [0, 0.1) is 0 Å². The molecular formula is C15H23N5O. The van der Waals surface area contributed by atoms with Crippen LogP contribution in [0.2, 0.25) is 0 Å². The normalized spacial score (nSPS) is 19.7. The van der Waals surface area contributed by atoms with Gasteiger partial charge in [-0.2, -0.15) is 4.98 Å². The molecule has 2 atom stereocenters. The number of imidazole rings is 1. The van der Waals surface area contributed by atoms with Crippen molar-refractivity contribution in [2.75, 3.05) is 6.54 Å². The molecule has 6 nitrogen and oxygen atoms in total. The van der Waals surface area contributed by atoms with E-state index in [2.05, 4.69) is 52.0 Å². The van der Waals surface area contributed by atoms with Crippen LogP contribution in [0.25, 0.3) is 0 Å². The highest BCUT2D eigenvalue weighted by atomic mass is 16.5. The highest BCUT2D eigenvalue weighted by Crippen LogP contribution is 2.25. The van der Waals surface area contributed by atoms with Crippen LogP contribution in [-0.4, -0.2) is 26.2 Å². The summed E-state index contributed by atoms with van der Waals surface area (Å²) in [6, 6.07) is 0.0651. The van der Waals surface area contributed by atoms with Gasteiger partial charge in [0.2, 0.25) is 5.89 Å². The second kappa shape index (κ2) is 5.97. The van der Waals surface area contributed by atoms with Gasteiger partial charge in [0.15, 0.2) is 5.82 Å². The molecule has 3 rings (SSSR count). The Labute approximate surface area is 125 Å². The van der Waals surface area contributed by atoms with Gasteiger partial charge in [-0.25, -0.2) is 4.98 Å². The summed E-state index contributed by atoms with van der Waals surface area (Å²) in [6.07, 6.45) is 6.35. The van der Waals surface area contributed by atoms with Gasteiger partial charge in [0, 0.05) is 37.3 Å². The van der Waals surface area contributed by atoms with Crippen molar-refractivity contribution in [2.45, 2.75) is 58.0 Å². The third-order valence-corrected chi connectivity index (χ3v) is 4.08. The summed E-state index contributed by atoms with van der Waals surface area (Å²) < 4.78 is 7.59. The van der Waals surface area contributed by atoms with Crippen LogP contribution in [0.4, 0.5) is 0 Å². The Hall–Kier alpha value is -1.69. The van der Waals surface area contributed by atoms with Gasteiger partial charge in [0.1, 0.15) is 5.82 Å². The Balaban J connectivity index is 1.60. The zero-order valence-electron chi connectivity index (χ0n) is 12.9. The molecule has 0 aliphatic carbocycles. The molecule has 0 bridgehead atoms. The van der Waals surface area contributed by atoms with Crippen molar-refractivity contribution in [1.29, 1.82) is 0 Å². The molecule has 3 heterocycles. The van der Waals surface area contributed by atoms with E-state index in [-0.39, 0.29) is 6.04 Å². The van der Waals surface area contributed by atoms with Gasteiger partial charge in [-0.1, -0.05) is 19.0 Å². The number of nitrogens with zero attached hydrogens (tertiary/aromatic N) is 4. The molecule has 0 unspecified atom stereocenters. The molecule has 2 aromatic heterocycles. The molecule has 1 N–H and O–H groups in total. The summed E-state index contributed by atoms with van der Waals surface area (Å²) in [5.74, 6) is 3.38. The maximum absolute atomic E-state index is 5.34. The maximum Gasteiger partial charge on any atom is 0.243 e. The monoisotopic (exact) mass is 289 g/mol. The lowest BCUT2D eigenvalue weighted by Gasteiger charge is -2.24. The number of rotatable bonds is 5. The number of fused-ring (bicyclic) bond motifs is 1. The van der Waals surface area contributed by atoms with E-state index in [1.807, 2.05) is 6.20 Å². The summed E-state index contributed by atoms with van der Waals surface area (Å²) in [4.78, 5) is 8.93. The van der Waals surface area contributed by atoms with Crippen LogP contribution < -0.4 is 5.32 Å². The van der Waals surface area contributed by atoms with Crippen LogP contribution in [0.3, 0.4) is 0 Å². The molecule has 6 heteroatoms. The summed E-state index contributed by atoms with van der Waals surface area (Å²) in [6.45, 7) is 8.16. The van der Waals surface area contributed by atoms with E-state index in [1.54, 1.807) is 0 Å². The molecule has 21 heavy (non-hydrogen) atoms. The average molecular weight is 289 g/mol. The van der Waals surface area contributed by atoms with Gasteiger partial charge in [-0.3, -0.25) is 0 Å². The highest BCUT2D eigenvalue weighted by molar-refractivity contribution is 5.05. The molecule has 1 aliphatic rings. The van der Waals surface area contributed by atoms with Crippen molar-refractivity contribution in [3.63, 3.8) is 0 Å². The SMILES string of the molecule is CC(C)c1noc([C@H](C)NC[C@H]2CCCn3ccnc32)n1. The molecule has 0 saturated heterocycles. The zero-order chi connectivity index (χ0) is 14.8. The molecule has 2 aromatic rings. The maximum atomic E-state index is 5.34. The van der Waals surface area contributed by atoms with Gasteiger partial charge in [0.25, 0.3) is 0 Å². The van der Waals surface area contributed by atoms with E-state index in [9.17, 15) is 0 Å². The van der Waals surface area contributed by atoms with Gasteiger partial charge in [-0.05, 0) is 19.8 Å². The van der Waals surface area contributed by atoms with E-state index in [4.69, 9.17) is 4.52 Å². The van der Waals surface area contributed by atoms with Gasteiger partial charge >= 0.3 is 0 Å². The van der Waals surface area contributed by atoms with Crippen molar-refractivity contribution in [3.05, 3.63) is 29.9 Å². The lowest BCUT2D eigenvalue weighted by Crippen LogP contribution is -2.28. The van der Waals surface area contributed by atoms with Crippen LogP contribution in [-0.2, 0) is 6.54 Å². The minimum absolute atomic E-state index is 0.0651. The van der Waals surface area contributed by atoms with Crippen LogP contribution >= 0.6 is 0 Å². The van der Waals surface area contributed by atoms with Crippen molar-refractivity contribution >= 4 is 0 Å². The lowest BCUT2D eigenvalue weighted by atomic mass is 9.98. The molecule has 114 valence electrons. The van der Waals surface area contributed by atoms with E-state index in [0.29, 0.717) is 17.7 Å². The topological polar surface area (TPSA) is 68.8 Å². The fourth-order valence-corrected chi connectivity index (χ4v) is 2.76. The Bertz CT molecular complexity index is 588. The summed E-state index contributed by atoms with van der Waals surface area (Å²) in [5.41, 5.74) is 0. The van der Waals surface area contributed by atoms with Crippen molar-refractivity contribution in [2.24, 2.45) is 0 Å². The Kier molecular flexibility index (Phi) is 4.05. The molecule has 0 fully saturated rings. The smallest absolute Gasteiger partial charge is 0.243 e. The Morgan fingerprint density at radius 2 is 2.29 bits per heavy atom. The van der Waals surface area contributed by atoms with E-state index in [1.165, 1.54) is 18.7 Å². The second-order valence-electron chi connectivity index (χ2n) is 6.09. The van der Waals surface area contributed by atoms with Crippen molar-refractivity contribution in [1.82, 2.24) is 25.0 Å². The van der Waals surface area contributed by atoms with E-state index < -0.39 is 0 Å². The van der Waals surface area contributed by atoms with Crippen molar-refractivity contribution in [3.8, 4) is 0 Å². The first-order valence-electron chi connectivity index (χ1n) is 7.73. The van der Waals surface area contributed by atoms with Gasteiger partial charge in [0.05, 0.1) is 6.04 Å². The molecular weight excluding hydrogens is 266 g/mol. The summed E-state index contributed by atoms with van der Waals surface area (Å²) in [7, 11) is 0. The number of hydrogen-bond donors (Lipinski definition) is 1. The number of nitrogens with one attached hydrogen (secondary N) is 1. The van der Waals surface area contributed by atoms with Gasteiger partial charge < -0.3 is 14.4 Å².